The van der Waals surface area contributed by atoms with Crippen molar-refractivity contribution in [3.8, 4) is 0 Å². The highest BCUT2D eigenvalue weighted by Gasteiger charge is 2.27. The zero-order chi connectivity index (χ0) is 17.0. The molecule has 1 atom stereocenters. The summed E-state index contributed by atoms with van der Waals surface area (Å²) in [5.74, 6) is -1.28. The molecule has 0 radical (unpaired) electrons. The van der Waals surface area contributed by atoms with Crippen molar-refractivity contribution >= 4 is 11.9 Å². The summed E-state index contributed by atoms with van der Waals surface area (Å²) in [7, 11) is 1.54. The van der Waals surface area contributed by atoms with Crippen LogP contribution in [0.25, 0.3) is 0 Å². The molecule has 120 valence electrons. The monoisotopic (exact) mass is 311 g/mol. The number of carbonyl (C=O) groups excluding carboxylic acids is 1. The normalized spacial score (nSPS) is 11.8. The van der Waals surface area contributed by atoms with Gasteiger partial charge in [-0.3, -0.25) is 4.79 Å². The molecule has 2 aromatic carbocycles. The average Bonchev–Trinajstić information content (AvgIpc) is 2.51. The third-order valence-electron chi connectivity index (χ3n) is 3.81. The lowest BCUT2D eigenvalue weighted by Gasteiger charge is -2.25. The second-order valence-corrected chi connectivity index (χ2v) is 5.84. The van der Waals surface area contributed by atoms with Crippen LogP contribution in [-0.2, 0) is 11.2 Å². The minimum absolute atomic E-state index is 0.278. The molecule has 0 heterocycles. The molecule has 0 unspecified atom stereocenters. The molecule has 4 heteroatoms. The molecule has 0 saturated carbocycles. The molecule has 1 N–H and O–H groups in total. The van der Waals surface area contributed by atoms with Crippen LogP contribution in [0.15, 0.2) is 48.5 Å². The molecule has 1 amide bonds. The summed E-state index contributed by atoms with van der Waals surface area (Å²) in [6.07, 6.45) is 0.281. The number of hydrogen-bond donors (Lipinski definition) is 1. The van der Waals surface area contributed by atoms with Crippen molar-refractivity contribution in [2.24, 2.45) is 0 Å². The van der Waals surface area contributed by atoms with Gasteiger partial charge in [0.15, 0.2) is 0 Å². The molecule has 0 spiro atoms. The lowest BCUT2D eigenvalue weighted by molar-refractivity contribution is -0.141. The minimum atomic E-state index is -1.01. The van der Waals surface area contributed by atoms with Crippen molar-refractivity contribution in [3.05, 3.63) is 70.8 Å². The van der Waals surface area contributed by atoms with Gasteiger partial charge >= 0.3 is 5.97 Å². The molecule has 0 aliphatic heterocycles. The van der Waals surface area contributed by atoms with Crippen molar-refractivity contribution in [2.45, 2.75) is 26.3 Å². The molecular formula is C19H21NO3. The molecule has 0 aliphatic carbocycles. The molecule has 0 fully saturated rings. The molecular weight excluding hydrogens is 290 g/mol. The van der Waals surface area contributed by atoms with Gasteiger partial charge in [0.2, 0.25) is 0 Å². The molecule has 23 heavy (non-hydrogen) atoms. The number of hydrogen-bond acceptors (Lipinski definition) is 2. The fraction of sp³-hybridized carbons (Fsp3) is 0.263. The van der Waals surface area contributed by atoms with E-state index in [1.807, 2.05) is 50.2 Å². The Bertz CT molecular complexity index is 690. The number of benzene rings is 2. The van der Waals surface area contributed by atoms with E-state index >= 15 is 0 Å². The maximum absolute atomic E-state index is 12.6. The zero-order valence-corrected chi connectivity index (χ0v) is 13.6. The lowest BCUT2D eigenvalue weighted by Crippen LogP contribution is -2.43. The van der Waals surface area contributed by atoms with Crippen LogP contribution in [0.4, 0.5) is 0 Å². The maximum Gasteiger partial charge on any atom is 0.326 e. The van der Waals surface area contributed by atoms with E-state index < -0.39 is 12.0 Å². The van der Waals surface area contributed by atoms with Crippen LogP contribution in [0.1, 0.15) is 27.0 Å². The van der Waals surface area contributed by atoms with E-state index in [9.17, 15) is 14.7 Å². The molecule has 0 saturated heterocycles. The van der Waals surface area contributed by atoms with Crippen LogP contribution in [0.3, 0.4) is 0 Å². The van der Waals surface area contributed by atoms with Crippen molar-refractivity contribution in [1.29, 1.82) is 0 Å². The highest BCUT2D eigenvalue weighted by molar-refractivity contribution is 5.96. The van der Waals surface area contributed by atoms with Crippen molar-refractivity contribution in [2.75, 3.05) is 7.05 Å². The first-order chi connectivity index (χ1) is 10.9. The molecule has 4 nitrogen and oxygen atoms in total. The molecule has 0 bridgehead atoms. The number of nitrogens with zero attached hydrogens (tertiary/aromatic N) is 1. The van der Waals surface area contributed by atoms with Gasteiger partial charge in [-0.2, -0.15) is 0 Å². The van der Waals surface area contributed by atoms with Gasteiger partial charge in [0.05, 0.1) is 0 Å². The third-order valence-corrected chi connectivity index (χ3v) is 3.81. The van der Waals surface area contributed by atoms with Gasteiger partial charge < -0.3 is 10.0 Å². The SMILES string of the molecule is Cc1cc(C)cc(C(=O)N(C)[C@H](Cc2ccccc2)C(=O)O)c1. The second-order valence-electron chi connectivity index (χ2n) is 5.84. The highest BCUT2D eigenvalue weighted by atomic mass is 16.4. The Kier molecular flexibility index (Phi) is 5.16. The van der Waals surface area contributed by atoms with E-state index in [4.69, 9.17) is 0 Å². The van der Waals surface area contributed by atoms with E-state index in [1.165, 1.54) is 4.90 Å². The Morgan fingerprint density at radius 1 is 1.04 bits per heavy atom. The van der Waals surface area contributed by atoms with E-state index in [2.05, 4.69) is 0 Å². The number of rotatable bonds is 5. The summed E-state index contributed by atoms with van der Waals surface area (Å²) in [6, 6.07) is 14.0. The number of aliphatic carboxylic acids is 1. The smallest absolute Gasteiger partial charge is 0.326 e. The van der Waals surface area contributed by atoms with Gasteiger partial charge in [0, 0.05) is 19.0 Å². The first kappa shape index (κ1) is 16.7. The number of carboxylic acids is 1. The number of carboxylic acid groups (broad SMARTS) is 1. The topological polar surface area (TPSA) is 57.6 Å². The van der Waals surface area contributed by atoms with Crippen molar-refractivity contribution in [3.63, 3.8) is 0 Å². The van der Waals surface area contributed by atoms with Gasteiger partial charge in [-0.1, -0.05) is 47.5 Å². The Hall–Kier alpha value is -2.62. The second kappa shape index (κ2) is 7.09. The number of likely N-dealkylation sites (N-methyl/N-ethyl adjacent to an activating group) is 1. The van der Waals surface area contributed by atoms with E-state index in [1.54, 1.807) is 19.2 Å². The Morgan fingerprint density at radius 3 is 2.13 bits per heavy atom. The van der Waals surface area contributed by atoms with Gasteiger partial charge in [-0.05, 0) is 31.5 Å². The summed E-state index contributed by atoms with van der Waals surface area (Å²) in [4.78, 5) is 25.6. The lowest BCUT2D eigenvalue weighted by atomic mass is 10.0. The van der Waals surface area contributed by atoms with Crippen molar-refractivity contribution in [1.82, 2.24) is 4.90 Å². The van der Waals surface area contributed by atoms with Crippen LogP contribution in [-0.4, -0.2) is 35.0 Å². The maximum atomic E-state index is 12.6. The van der Waals surface area contributed by atoms with E-state index in [0.717, 1.165) is 16.7 Å². The molecule has 2 rings (SSSR count). The Labute approximate surface area is 136 Å². The Balaban J connectivity index is 2.25. The van der Waals surface area contributed by atoms with Gasteiger partial charge in [0.25, 0.3) is 5.91 Å². The first-order valence-corrected chi connectivity index (χ1v) is 7.50. The van der Waals surface area contributed by atoms with Crippen LogP contribution < -0.4 is 0 Å². The van der Waals surface area contributed by atoms with E-state index in [-0.39, 0.29) is 12.3 Å². The molecule has 0 aliphatic rings. The van der Waals surface area contributed by atoms with E-state index in [0.29, 0.717) is 5.56 Å². The quantitative estimate of drug-likeness (QED) is 0.923. The van der Waals surface area contributed by atoms with Crippen LogP contribution in [0, 0.1) is 13.8 Å². The summed E-state index contributed by atoms with van der Waals surface area (Å²) in [5, 5.41) is 9.52. The molecule has 0 aromatic heterocycles. The van der Waals surface area contributed by atoms with Crippen LogP contribution in [0.2, 0.25) is 0 Å². The summed E-state index contributed by atoms with van der Waals surface area (Å²) >= 11 is 0. The highest BCUT2D eigenvalue weighted by Crippen LogP contribution is 2.15. The number of amides is 1. The predicted molar refractivity (Wildman–Crippen MR) is 89.6 cm³/mol. The Morgan fingerprint density at radius 2 is 1.61 bits per heavy atom. The fourth-order valence-corrected chi connectivity index (χ4v) is 2.67. The fourth-order valence-electron chi connectivity index (χ4n) is 2.67. The van der Waals surface area contributed by atoms with Crippen LogP contribution >= 0.6 is 0 Å². The average molecular weight is 311 g/mol. The first-order valence-electron chi connectivity index (χ1n) is 7.50. The predicted octanol–water partition coefficient (Wildman–Crippen LogP) is 3.07. The number of aryl methyl sites for hydroxylation is 2. The standard InChI is InChI=1S/C19H21NO3/c1-13-9-14(2)11-16(10-13)18(21)20(3)17(19(22)23)12-15-7-5-4-6-8-15/h4-11,17H,12H2,1-3H3,(H,22,23)/t17-/m1/s1. The summed E-state index contributed by atoms with van der Waals surface area (Å²) in [6.45, 7) is 3.84. The summed E-state index contributed by atoms with van der Waals surface area (Å²) < 4.78 is 0. The zero-order valence-electron chi connectivity index (χ0n) is 13.6. The number of carbonyl (C=O) groups is 2. The van der Waals surface area contributed by atoms with Gasteiger partial charge in [-0.25, -0.2) is 4.79 Å². The van der Waals surface area contributed by atoms with Gasteiger partial charge in [0.1, 0.15) is 6.04 Å². The minimum Gasteiger partial charge on any atom is -0.480 e. The van der Waals surface area contributed by atoms with Crippen LogP contribution in [0.5, 0.6) is 0 Å². The third kappa shape index (κ3) is 4.19. The van der Waals surface area contributed by atoms with Crippen molar-refractivity contribution < 1.29 is 14.7 Å². The molecule has 2 aromatic rings. The largest absolute Gasteiger partial charge is 0.480 e. The van der Waals surface area contributed by atoms with Gasteiger partial charge in [-0.15, -0.1) is 0 Å². The summed E-state index contributed by atoms with van der Waals surface area (Å²) in [5.41, 5.74) is 3.37.